The van der Waals surface area contributed by atoms with Crippen molar-refractivity contribution >= 4 is 0 Å². The molecule has 0 amide bonds. The maximum Gasteiger partial charge on any atom is 0.419 e. The van der Waals surface area contributed by atoms with Crippen molar-refractivity contribution in [1.82, 2.24) is 0 Å². The summed E-state index contributed by atoms with van der Waals surface area (Å²) in [4.78, 5) is 0. The molecule has 20 heavy (non-hydrogen) atoms. The van der Waals surface area contributed by atoms with E-state index < -0.39 is 23.7 Å². The molecular weight excluding hydrogens is 280 g/mol. The molecule has 0 saturated carbocycles. The second-order valence-corrected chi connectivity index (χ2v) is 4.15. The number of aliphatic hydroxyl groups is 1. The average molecular weight is 296 g/mol. The molecule has 0 aromatic heterocycles. The van der Waals surface area contributed by atoms with Crippen LogP contribution in [0.4, 0.5) is 17.6 Å². The second-order valence-electron chi connectivity index (χ2n) is 4.15. The first kappa shape index (κ1) is 16.9. The van der Waals surface area contributed by atoms with Crippen molar-refractivity contribution < 1.29 is 32.1 Å². The number of alkyl halides is 3. The lowest BCUT2D eigenvalue weighted by Crippen LogP contribution is -2.11. The molecule has 1 aromatic carbocycles. The Morgan fingerprint density at radius 1 is 1.20 bits per heavy atom. The zero-order chi connectivity index (χ0) is 15.2. The third kappa shape index (κ3) is 5.07. The van der Waals surface area contributed by atoms with Gasteiger partial charge in [0.25, 0.3) is 0 Å². The number of ether oxygens (including phenoxy) is 2. The summed E-state index contributed by atoms with van der Waals surface area (Å²) in [6, 6.07) is 2.45. The summed E-state index contributed by atoms with van der Waals surface area (Å²) in [6.07, 6.45) is -5.80. The van der Waals surface area contributed by atoms with Gasteiger partial charge in [-0.1, -0.05) is 6.07 Å². The Morgan fingerprint density at radius 3 is 2.50 bits per heavy atom. The molecule has 0 heterocycles. The molecule has 0 aliphatic carbocycles. The van der Waals surface area contributed by atoms with Gasteiger partial charge in [-0.05, 0) is 17.7 Å². The Hall–Kier alpha value is -1.18. The molecule has 114 valence electrons. The lowest BCUT2D eigenvalue weighted by Gasteiger charge is -2.14. The number of aliphatic hydroxyl groups excluding tert-OH is 1. The minimum absolute atomic E-state index is 0.00839. The number of hydrogen-bond acceptors (Lipinski definition) is 3. The predicted octanol–water partition coefficient (Wildman–Crippen LogP) is 2.93. The Kier molecular flexibility index (Phi) is 6.38. The molecule has 0 aliphatic rings. The Labute approximate surface area is 114 Å². The van der Waals surface area contributed by atoms with E-state index in [1.807, 2.05) is 0 Å². The van der Waals surface area contributed by atoms with Crippen molar-refractivity contribution in [2.75, 3.05) is 26.9 Å². The summed E-state index contributed by atoms with van der Waals surface area (Å²) in [5.74, 6) is -1.36. The van der Waals surface area contributed by atoms with E-state index >= 15 is 0 Å². The van der Waals surface area contributed by atoms with Crippen molar-refractivity contribution in [1.29, 1.82) is 0 Å². The second kappa shape index (κ2) is 7.56. The van der Waals surface area contributed by atoms with E-state index in [1.165, 1.54) is 7.11 Å². The van der Waals surface area contributed by atoms with Crippen LogP contribution in [0.5, 0.6) is 0 Å². The summed E-state index contributed by atoms with van der Waals surface area (Å²) >= 11 is 0. The molecule has 0 bridgehead atoms. The molecule has 0 aliphatic heterocycles. The van der Waals surface area contributed by atoms with Crippen LogP contribution < -0.4 is 0 Å². The van der Waals surface area contributed by atoms with Crippen LogP contribution in [0, 0.1) is 5.82 Å². The van der Waals surface area contributed by atoms with Crippen molar-refractivity contribution in [2.24, 2.45) is 0 Å². The molecular formula is C13H16F4O3. The highest BCUT2D eigenvalue weighted by Gasteiger charge is 2.34. The van der Waals surface area contributed by atoms with Crippen LogP contribution in [-0.2, 0) is 15.7 Å². The standard InChI is InChI=1S/C13H16F4O3/c1-19-6-7-20-5-4-12(18)9-2-3-11(14)10(8-9)13(15,16)17/h2-3,8,12,18H,4-7H2,1H3. The van der Waals surface area contributed by atoms with Gasteiger partial charge in [0.05, 0.1) is 24.9 Å². The Bertz CT molecular complexity index is 421. The van der Waals surface area contributed by atoms with E-state index in [-0.39, 0.29) is 18.6 Å². The fraction of sp³-hybridized carbons (Fsp3) is 0.538. The summed E-state index contributed by atoms with van der Waals surface area (Å²) in [7, 11) is 1.51. The van der Waals surface area contributed by atoms with Gasteiger partial charge in [0.2, 0.25) is 0 Å². The Morgan fingerprint density at radius 2 is 1.90 bits per heavy atom. The molecule has 1 N–H and O–H groups in total. The largest absolute Gasteiger partial charge is 0.419 e. The van der Waals surface area contributed by atoms with Gasteiger partial charge >= 0.3 is 6.18 Å². The predicted molar refractivity (Wildman–Crippen MR) is 63.7 cm³/mol. The molecule has 1 atom stereocenters. The summed E-state index contributed by atoms with van der Waals surface area (Å²) in [5.41, 5.74) is -1.37. The third-order valence-electron chi connectivity index (χ3n) is 2.65. The smallest absolute Gasteiger partial charge is 0.388 e. The van der Waals surface area contributed by atoms with Gasteiger partial charge in [0.15, 0.2) is 0 Å². The fourth-order valence-corrected chi connectivity index (χ4v) is 1.57. The van der Waals surface area contributed by atoms with Gasteiger partial charge in [0.1, 0.15) is 5.82 Å². The van der Waals surface area contributed by atoms with E-state index in [2.05, 4.69) is 0 Å². The van der Waals surface area contributed by atoms with Gasteiger partial charge in [0, 0.05) is 20.1 Å². The topological polar surface area (TPSA) is 38.7 Å². The van der Waals surface area contributed by atoms with Crippen LogP contribution in [-0.4, -0.2) is 32.0 Å². The first-order chi connectivity index (χ1) is 9.36. The number of methoxy groups -OCH3 is 1. The molecule has 3 nitrogen and oxygen atoms in total. The quantitative estimate of drug-likeness (QED) is 0.621. The molecule has 0 spiro atoms. The molecule has 1 unspecified atom stereocenters. The highest BCUT2D eigenvalue weighted by molar-refractivity contribution is 5.28. The maximum absolute atomic E-state index is 13.1. The molecule has 7 heteroatoms. The molecule has 0 radical (unpaired) electrons. The van der Waals surface area contributed by atoms with E-state index in [1.54, 1.807) is 0 Å². The number of hydrogen-bond donors (Lipinski definition) is 1. The van der Waals surface area contributed by atoms with Gasteiger partial charge in [-0.3, -0.25) is 0 Å². The van der Waals surface area contributed by atoms with Crippen molar-refractivity contribution in [3.63, 3.8) is 0 Å². The minimum Gasteiger partial charge on any atom is -0.388 e. The van der Waals surface area contributed by atoms with Gasteiger partial charge in [-0.15, -0.1) is 0 Å². The molecule has 1 rings (SSSR count). The van der Waals surface area contributed by atoms with Crippen LogP contribution in [0.25, 0.3) is 0 Å². The lowest BCUT2D eigenvalue weighted by molar-refractivity contribution is -0.140. The SMILES string of the molecule is COCCOCCC(O)c1ccc(F)c(C(F)(F)F)c1. The van der Waals surface area contributed by atoms with Gasteiger partial charge in [-0.2, -0.15) is 13.2 Å². The molecule has 0 fully saturated rings. The van der Waals surface area contributed by atoms with Crippen molar-refractivity contribution in [3.05, 3.63) is 35.1 Å². The molecule has 0 saturated heterocycles. The lowest BCUT2D eigenvalue weighted by atomic mass is 10.0. The van der Waals surface area contributed by atoms with Gasteiger partial charge < -0.3 is 14.6 Å². The highest BCUT2D eigenvalue weighted by Crippen LogP contribution is 2.33. The van der Waals surface area contributed by atoms with E-state index in [0.717, 1.165) is 6.07 Å². The third-order valence-corrected chi connectivity index (χ3v) is 2.65. The maximum atomic E-state index is 13.1. The first-order valence-electron chi connectivity index (χ1n) is 5.97. The minimum atomic E-state index is -4.78. The van der Waals surface area contributed by atoms with Crippen LogP contribution in [0.3, 0.4) is 0 Å². The average Bonchev–Trinajstić information content (AvgIpc) is 2.37. The number of benzene rings is 1. The number of rotatable bonds is 7. The van der Waals surface area contributed by atoms with Crippen LogP contribution in [0.15, 0.2) is 18.2 Å². The number of halogens is 4. The molecule has 1 aromatic rings. The summed E-state index contributed by atoms with van der Waals surface area (Å²) in [6.45, 7) is 0.897. The summed E-state index contributed by atoms with van der Waals surface area (Å²) < 4.78 is 60.5. The fourth-order valence-electron chi connectivity index (χ4n) is 1.57. The summed E-state index contributed by atoms with van der Waals surface area (Å²) in [5, 5.41) is 9.76. The van der Waals surface area contributed by atoms with Crippen molar-refractivity contribution in [3.8, 4) is 0 Å². The monoisotopic (exact) mass is 296 g/mol. The van der Waals surface area contributed by atoms with Crippen LogP contribution >= 0.6 is 0 Å². The van der Waals surface area contributed by atoms with E-state index in [9.17, 15) is 22.7 Å². The normalized spacial score (nSPS) is 13.5. The zero-order valence-corrected chi connectivity index (χ0v) is 10.9. The zero-order valence-electron chi connectivity index (χ0n) is 10.9. The Balaban J connectivity index is 2.62. The highest BCUT2D eigenvalue weighted by atomic mass is 19.4. The first-order valence-corrected chi connectivity index (χ1v) is 5.97. The van der Waals surface area contributed by atoms with E-state index in [4.69, 9.17) is 9.47 Å². The van der Waals surface area contributed by atoms with Crippen LogP contribution in [0.2, 0.25) is 0 Å². The van der Waals surface area contributed by atoms with Gasteiger partial charge in [-0.25, -0.2) is 4.39 Å². The van der Waals surface area contributed by atoms with Crippen molar-refractivity contribution in [2.45, 2.75) is 18.7 Å². The van der Waals surface area contributed by atoms with Crippen LogP contribution in [0.1, 0.15) is 23.7 Å². The van der Waals surface area contributed by atoms with E-state index in [0.29, 0.717) is 25.3 Å².